The quantitative estimate of drug-likeness (QED) is 0.778. The average molecular weight is 271 g/mol. The van der Waals surface area contributed by atoms with E-state index in [9.17, 15) is 5.11 Å². The first-order valence-electron chi connectivity index (χ1n) is 6.24. The minimum Gasteiger partial charge on any atom is -0.390 e. The summed E-state index contributed by atoms with van der Waals surface area (Å²) in [5, 5.41) is 11.6. The predicted octanol–water partition coefficient (Wildman–Crippen LogP) is 2.41. The van der Waals surface area contributed by atoms with Crippen LogP contribution in [-0.2, 0) is 19.7 Å². The molecule has 2 aromatic heterocycles. The number of fused-ring (bicyclic) bond motifs is 2. The number of aromatic nitrogens is 2. The van der Waals surface area contributed by atoms with Gasteiger partial charge in [-0.1, -0.05) is 24.3 Å². The van der Waals surface area contributed by atoms with E-state index in [1.54, 1.807) is 11.3 Å². The Morgan fingerprint density at radius 2 is 1.95 bits per heavy atom. The Labute approximate surface area is 114 Å². The Hall–Kier alpha value is -1.85. The molecule has 1 aromatic carbocycles. The van der Waals surface area contributed by atoms with Crippen LogP contribution >= 0.6 is 11.3 Å². The lowest BCUT2D eigenvalue weighted by atomic mass is 10.1. The van der Waals surface area contributed by atoms with Crippen LogP contribution in [0.3, 0.4) is 0 Å². The summed E-state index contributed by atoms with van der Waals surface area (Å²) in [6.07, 6.45) is 1.96. The van der Waals surface area contributed by atoms with Crippen LogP contribution in [0.5, 0.6) is 0 Å². The van der Waals surface area contributed by atoms with Gasteiger partial charge in [0, 0.05) is 24.7 Å². The molecule has 4 rings (SSSR count). The molecule has 0 saturated carbocycles. The van der Waals surface area contributed by atoms with Crippen molar-refractivity contribution in [2.24, 2.45) is 0 Å². The van der Waals surface area contributed by atoms with Crippen molar-refractivity contribution >= 4 is 22.1 Å². The first kappa shape index (κ1) is 11.0. The maximum atomic E-state index is 9.62. The topological polar surface area (TPSA) is 40.8 Å². The first-order valence-corrected chi connectivity index (χ1v) is 7.12. The molecule has 0 unspecified atom stereocenters. The van der Waals surface area contributed by atoms with Crippen LogP contribution in [0.1, 0.15) is 16.8 Å². The van der Waals surface area contributed by atoms with Crippen LogP contribution in [0.2, 0.25) is 0 Å². The SMILES string of the molecule is OCc1c(N2Cc3ccccc3C2)nc2sccn12. The monoisotopic (exact) mass is 271 g/mol. The maximum absolute atomic E-state index is 9.62. The van der Waals surface area contributed by atoms with Crippen molar-refractivity contribution in [3.8, 4) is 0 Å². The molecule has 1 N–H and O–H groups in total. The molecule has 1 aliphatic rings. The van der Waals surface area contributed by atoms with Crippen LogP contribution in [-0.4, -0.2) is 14.5 Å². The largest absolute Gasteiger partial charge is 0.390 e. The van der Waals surface area contributed by atoms with Crippen molar-refractivity contribution in [3.05, 3.63) is 52.7 Å². The lowest BCUT2D eigenvalue weighted by Crippen LogP contribution is -2.16. The van der Waals surface area contributed by atoms with E-state index in [1.807, 2.05) is 16.0 Å². The van der Waals surface area contributed by atoms with Crippen LogP contribution in [0.15, 0.2) is 35.8 Å². The molecule has 96 valence electrons. The molecule has 0 spiro atoms. The Morgan fingerprint density at radius 1 is 1.21 bits per heavy atom. The molecule has 0 bridgehead atoms. The van der Waals surface area contributed by atoms with E-state index in [0.29, 0.717) is 0 Å². The second kappa shape index (κ2) is 4.08. The molecule has 3 aromatic rings. The van der Waals surface area contributed by atoms with Crippen molar-refractivity contribution in [1.82, 2.24) is 9.38 Å². The highest BCUT2D eigenvalue weighted by Crippen LogP contribution is 2.31. The summed E-state index contributed by atoms with van der Waals surface area (Å²) in [6.45, 7) is 1.75. The van der Waals surface area contributed by atoms with Gasteiger partial charge in [-0.3, -0.25) is 4.40 Å². The fourth-order valence-corrected chi connectivity index (χ4v) is 3.43. The van der Waals surface area contributed by atoms with Crippen LogP contribution < -0.4 is 4.90 Å². The molecular weight excluding hydrogens is 258 g/mol. The van der Waals surface area contributed by atoms with Gasteiger partial charge in [0.2, 0.25) is 0 Å². The number of hydrogen-bond donors (Lipinski definition) is 1. The summed E-state index contributed by atoms with van der Waals surface area (Å²) in [4.78, 5) is 7.83. The summed E-state index contributed by atoms with van der Waals surface area (Å²) < 4.78 is 1.98. The lowest BCUT2D eigenvalue weighted by Gasteiger charge is -2.15. The summed E-state index contributed by atoms with van der Waals surface area (Å²) in [5.41, 5.74) is 3.58. The summed E-state index contributed by atoms with van der Waals surface area (Å²) in [7, 11) is 0. The van der Waals surface area contributed by atoms with E-state index >= 15 is 0 Å². The van der Waals surface area contributed by atoms with Gasteiger partial charge in [0.1, 0.15) is 0 Å². The van der Waals surface area contributed by atoms with Crippen LogP contribution in [0.25, 0.3) is 4.96 Å². The van der Waals surface area contributed by atoms with E-state index in [1.165, 1.54) is 11.1 Å². The van der Waals surface area contributed by atoms with Crippen molar-refractivity contribution in [2.75, 3.05) is 4.90 Å². The van der Waals surface area contributed by atoms with Crippen molar-refractivity contribution < 1.29 is 5.11 Å². The zero-order valence-electron chi connectivity index (χ0n) is 10.3. The third kappa shape index (κ3) is 1.59. The smallest absolute Gasteiger partial charge is 0.195 e. The molecule has 1 aliphatic heterocycles. The molecule has 0 fully saturated rings. The molecule has 19 heavy (non-hydrogen) atoms. The molecule has 4 nitrogen and oxygen atoms in total. The van der Waals surface area contributed by atoms with Gasteiger partial charge >= 0.3 is 0 Å². The normalized spacial score (nSPS) is 14.3. The van der Waals surface area contributed by atoms with Gasteiger partial charge < -0.3 is 10.0 Å². The Bertz CT molecular complexity index is 721. The molecular formula is C14H13N3OS. The molecule has 0 amide bonds. The first-order chi connectivity index (χ1) is 9.36. The number of benzene rings is 1. The minimum absolute atomic E-state index is 0.0140. The molecule has 0 radical (unpaired) electrons. The van der Waals surface area contributed by atoms with E-state index < -0.39 is 0 Å². The third-order valence-corrected chi connectivity index (χ3v) is 4.39. The number of rotatable bonds is 2. The number of imidazole rings is 1. The van der Waals surface area contributed by atoms with E-state index in [4.69, 9.17) is 0 Å². The van der Waals surface area contributed by atoms with Crippen molar-refractivity contribution in [2.45, 2.75) is 19.7 Å². The maximum Gasteiger partial charge on any atom is 0.195 e. The molecule has 5 heteroatoms. The summed E-state index contributed by atoms with van der Waals surface area (Å²) in [5.74, 6) is 0.908. The number of hydrogen-bond acceptors (Lipinski definition) is 4. The number of thiazole rings is 1. The molecule has 0 aliphatic carbocycles. The highest BCUT2D eigenvalue weighted by Gasteiger charge is 2.24. The number of nitrogens with zero attached hydrogens (tertiary/aromatic N) is 3. The number of aliphatic hydroxyl groups is 1. The van der Waals surface area contributed by atoms with Gasteiger partial charge in [-0.2, -0.15) is 0 Å². The predicted molar refractivity (Wildman–Crippen MR) is 75.3 cm³/mol. The van der Waals surface area contributed by atoms with Gasteiger partial charge in [-0.15, -0.1) is 11.3 Å². The Balaban J connectivity index is 1.78. The van der Waals surface area contributed by atoms with Crippen molar-refractivity contribution in [1.29, 1.82) is 0 Å². The fourth-order valence-electron chi connectivity index (χ4n) is 2.70. The van der Waals surface area contributed by atoms with E-state index in [-0.39, 0.29) is 6.61 Å². The third-order valence-electron chi connectivity index (χ3n) is 3.63. The molecule has 0 saturated heterocycles. The van der Waals surface area contributed by atoms with Gasteiger partial charge in [-0.25, -0.2) is 4.98 Å². The Morgan fingerprint density at radius 3 is 2.63 bits per heavy atom. The van der Waals surface area contributed by atoms with Crippen molar-refractivity contribution in [3.63, 3.8) is 0 Å². The average Bonchev–Trinajstić information content (AvgIpc) is 3.10. The second-order valence-corrected chi connectivity index (χ2v) is 5.59. The Kier molecular flexibility index (Phi) is 2.36. The number of aliphatic hydroxyl groups excluding tert-OH is 1. The van der Waals surface area contributed by atoms with Gasteiger partial charge in [0.25, 0.3) is 0 Å². The van der Waals surface area contributed by atoms with E-state index in [0.717, 1.165) is 29.6 Å². The van der Waals surface area contributed by atoms with Crippen LogP contribution in [0.4, 0.5) is 5.82 Å². The highest BCUT2D eigenvalue weighted by molar-refractivity contribution is 7.15. The van der Waals surface area contributed by atoms with Crippen LogP contribution in [0, 0.1) is 0 Å². The highest BCUT2D eigenvalue weighted by atomic mass is 32.1. The zero-order chi connectivity index (χ0) is 12.8. The zero-order valence-corrected chi connectivity index (χ0v) is 11.1. The summed E-state index contributed by atoms with van der Waals surface area (Å²) in [6, 6.07) is 8.46. The number of anilines is 1. The summed E-state index contributed by atoms with van der Waals surface area (Å²) >= 11 is 1.59. The fraction of sp³-hybridized carbons (Fsp3) is 0.214. The molecule has 3 heterocycles. The lowest BCUT2D eigenvalue weighted by molar-refractivity contribution is 0.276. The molecule has 0 atom stereocenters. The van der Waals surface area contributed by atoms with Gasteiger partial charge in [0.15, 0.2) is 10.8 Å². The van der Waals surface area contributed by atoms with Gasteiger partial charge in [-0.05, 0) is 11.1 Å². The standard InChI is InChI=1S/C14H13N3OS/c18-9-12-13(15-14-17(12)5-6-19-14)16-7-10-3-1-2-4-11(10)8-16/h1-6,18H,7-9H2. The minimum atomic E-state index is 0.0140. The van der Waals surface area contributed by atoms with Gasteiger partial charge in [0.05, 0.1) is 12.3 Å². The second-order valence-electron chi connectivity index (χ2n) is 4.72. The van der Waals surface area contributed by atoms with E-state index in [2.05, 4.69) is 34.1 Å².